The zero-order valence-corrected chi connectivity index (χ0v) is 18.3. The number of thioether (sulfide) groups is 1. The summed E-state index contributed by atoms with van der Waals surface area (Å²) >= 11 is 4.50. The van der Waals surface area contributed by atoms with E-state index in [1.165, 1.54) is 6.21 Å². The first kappa shape index (κ1) is 21.8. The third kappa shape index (κ3) is 5.83. The first-order valence-electron chi connectivity index (χ1n) is 8.81. The van der Waals surface area contributed by atoms with Gasteiger partial charge in [-0.25, -0.2) is 0 Å². The molecular formula is C20H18BrN3O5S. The molecule has 0 saturated carbocycles. The third-order valence-corrected chi connectivity index (χ3v) is 5.74. The van der Waals surface area contributed by atoms with Crippen molar-refractivity contribution in [2.45, 2.75) is 18.3 Å². The lowest BCUT2D eigenvalue weighted by Gasteiger charge is -2.12. The van der Waals surface area contributed by atoms with Gasteiger partial charge in [0.15, 0.2) is 5.17 Å². The highest BCUT2D eigenvalue weighted by atomic mass is 79.9. The molecule has 0 bridgehead atoms. The lowest BCUT2D eigenvalue weighted by atomic mass is 10.1. The standard InChI is InChI=1S/C20H18BrN3O5S/c1-28-15-7-6-12(8-13(15)11-29-16-5-3-2-4-14(16)21)10-22-24-20-23-19(27)17(30-20)9-18(25)26/h2-8,10,17H,9,11H2,1H3,(H,25,26)(H,23,24,27). The number of benzene rings is 2. The molecule has 3 rings (SSSR count). The van der Waals surface area contributed by atoms with Crippen LogP contribution in [0.1, 0.15) is 17.5 Å². The molecule has 0 spiro atoms. The van der Waals surface area contributed by atoms with E-state index in [4.69, 9.17) is 14.6 Å². The van der Waals surface area contributed by atoms with E-state index < -0.39 is 11.2 Å². The maximum Gasteiger partial charge on any atom is 0.305 e. The molecule has 10 heteroatoms. The Morgan fingerprint density at radius 3 is 2.83 bits per heavy atom. The Kier molecular flexibility index (Phi) is 7.47. The number of carbonyl (C=O) groups excluding carboxylic acids is 1. The van der Waals surface area contributed by atoms with E-state index in [1.54, 1.807) is 7.11 Å². The Hall–Kier alpha value is -2.85. The number of halogens is 1. The smallest absolute Gasteiger partial charge is 0.305 e. The molecule has 0 radical (unpaired) electrons. The van der Waals surface area contributed by atoms with Gasteiger partial charge in [-0.05, 0) is 51.8 Å². The van der Waals surface area contributed by atoms with Crippen LogP contribution in [0.5, 0.6) is 11.5 Å². The molecule has 1 saturated heterocycles. The molecule has 2 aromatic rings. The second kappa shape index (κ2) is 10.3. The number of amidine groups is 1. The predicted octanol–water partition coefficient (Wildman–Crippen LogP) is 3.43. The summed E-state index contributed by atoms with van der Waals surface area (Å²) in [6, 6.07) is 13.1. The number of para-hydroxylation sites is 1. The van der Waals surface area contributed by atoms with Gasteiger partial charge in [-0.2, -0.15) is 5.10 Å². The number of methoxy groups -OCH3 is 1. The van der Waals surface area contributed by atoms with E-state index in [2.05, 4.69) is 31.4 Å². The zero-order chi connectivity index (χ0) is 21.5. The SMILES string of the molecule is COc1ccc(C=NN=C2NC(=O)C(CC(=O)O)S2)cc1COc1ccccc1Br. The molecule has 1 unspecified atom stereocenters. The Morgan fingerprint density at radius 1 is 1.30 bits per heavy atom. The van der Waals surface area contributed by atoms with Crippen molar-refractivity contribution >= 4 is 51.0 Å². The molecular weight excluding hydrogens is 474 g/mol. The van der Waals surface area contributed by atoms with Crippen LogP contribution in [-0.2, 0) is 16.2 Å². The molecule has 156 valence electrons. The number of hydrogen-bond acceptors (Lipinski definition) is 7. The van der Waals surface area contributed by atoms with Crippen molar-refractivity contribution in [2.75, 3.05) is 7.11 Å². The Labute approximate surface area is 185 Å². The van der Waals surface area contributed by atoms with Gasteiger partial charge in [-0.3, -0.25) is 9.59 Å². The fourth-order valence-electron chi connectivity index (χ4n) is 2.60. The first-order chi connectivity index (χ1) is 14.5. The van der Waals surface area contributed by atoms with Gasteiger partial charge in [0.1, 0.15) is 23.4 Å². The van der Waals surface area contributed by atoms with E-state index in [-0.39, 0.29) is 17.5 Å². The molecule has 2 aromatic carbocycles. The molecule has 1 aliphatic heterocycles. The Balaban J connectivity index is 1.68. The van der Waals surface area contributed by atoms with Crippen LogP contribution in [-0.4, -0.2) is 40.7 Å². The van der Waals surface area contributed by atoms with Crippen LogP contribution < -0.4 is 14.8 Å². The van der Waals surface area contributed by atoms with E-state index in [0.29, 0.717) is 12.4 Å². The molecule has 0 aliphatic carbocycles. The van der Waals surface area contributed by atoms with Crippen molar-refractivity contribution in [2.24, 2.45) is 10.2 Å². The van der Waals surface area contributed by atoms with Gasteiger partial charge in [0.05, 0.1) is 24.2 Å². The number of rotatable bonds is 8. The largest absolute Gasteiger partial charge is 0.496 e. The molecule has 8 nitrogen and oxygen atoms in total. The molecule has 2 N–H and O–H groups in total. The molecule has 1 amide bonds. The van der Waals surface area contributed by atoms with Crippen molar-refractivity contribution in [3.63, 3.8) is 0 Å². The average molecular weight is 492 g/mol. The second-order valence-corrected chi connectivity index (χ2v) is 8.18. The predicted molar refractivity (Wildman–Crippen MR) is 118 cm³/mol. The number of carboxylic acids is 1. The summed E-state index contributed by atoms with van der Waals surface area (Å²) in [6.45, 7) is 0.296. The van der Waals surface area contributed by atoms with Gasteiger partial charge in [0.2, 0.25) is 5.91 Å². The van der Waals surface area contributed by atoms with E-state index in [9.17, 15) is 9.59 Å². The summed E-state index contributed by atoms with van der Waals surface area (Å²) in [7, 11) is 1.59. The number of carbonyl (C=O) groups is 2. The number of aliphatic carboxylic acids is 1. The van der Waals surface area contributed by atoms with E-state index in [0.717, 1.165) is 33.1 Å². The van der Waals surface area contributed by atoms with Gasteiger partial charge in [-0.15, -0.1) is 5.10 Å². The summed E-state index contributed by atoms with van der Waals surface area (Å²) in [4.78, 5) is 22.5. The molecule has 30 heavy (non-hydrogen) atoms. The van der Waals surface area contributed by atoms with Crippen LogP contribution in [0.25, 0.3) is 0 Å². The lowest BCUT2D eigenvalue weighted by molar-refractivity contribution is -0.138. The van der Waals surface area contributed by atoms with Crippen LogP contribution in [0.15, 0.2) is 57.1 Å². The Bertz CT molecular complexity index is 1010. The molecule has 1 atom stereocenters. The maximum atomic E-state index is 11.7. The second-order valence-electron chi connectivity index (χ2n) is 6.13. The summed E-state index contributed by atoms with van der Waals surface area (Å²) in [5.74, 6) is -0.0224. The van der Waals surface area contributed by atoms with Crippen LogP contribution >= 0.6 is 27.7 Å². The van der Waals surface area contributed by atoms with Gasteiger partial charge in [0.25, 0.3) is 0 Å². The quantitative estimate of drug-likeness (QED) is 0.432. The molecule has 1 aliphatic rings. The number of ether oxygens (including phenoxy) is 2. The molecule has 0 aromatic heterocycles. The highest BCUT2D eigenvalue weighted by Crippen LogP contribution is 2.27. The minimum atomic E-state index is -1.04. The molecule has 1 heterocycles. The average Bonchev–Trinajstić information content (AvgIpc) is 3.06. The monoisotopic (exact) mass is 491 g/mol. The topological polar surface area (TPSA) is 110 Å². The summed E-state index contributed by atoms with van der Waals surface area (Å²) in [5.41, 5.74) is 1.59. The van der Waals surface area contributed by atoms with Crippen LogP contribution in [0.4, 0.5) is 0 Å². The maximum absolute atomic E-state index is 11.7. The summed E-state index contributed by atoms with van der Waals surface area (Å²) in [5, 5.41) is 18.9. The lowest BCUT2D eigenvalue weighted by Crippen LogP contribution is -2.26. The van der Waals surface area contributed by atoms with E-state index >= 15 is 0 Å². The number of carboxylic acid groups (broad SMARTS) is 1. The van der Waals surface area contributed by atoms with Crippen molar-refractivity contribution in [3.8, 4) is 11.5 Å². The van der Waals surface area contributed by atoms with Gasteiger partial charge in [0, 0.05) is 5.56 Å². The zero-order valence-electron chi connectivity index (χ0n) is 15.9. The van der Waals surface area contributed by atoms with Crippen molar-refractivity contribution < 1.29 is 24.2 Å². The molecule has 1 fully saturated rings. The van der Waals surface area contributed by atoms with Gasteiger partial charge >= 0.3 is 5.97 Å². The van der Waals surface area contributed by atoms with Crippen LogP contribution in [0, 0.1) is 0 Å². The van der Waals surface area contributed by atoms with Gasteiger partial charge in [-0.1, -0.05) is 23.9 Å². The Morgan fingerprint density at radius 2 is 2.10 bits per heavy atom. The highest BCUT2D eigenvalue weighted by molar-refractivity contribution is 9.10. The fraction of sp³-hybridized carbons (Fsp3) is 0.200. The number of nitrogens with zero attached hydrogens (tertiary/aromatic N) is 2. The summed E-state index contributed by atoms with van der Waals surface area (Å²) < 4.78 is 12.1. The minimum absolute atomic E-state index is 0.265. The third-order valence-electron chi connectivity index (χ3n) is 4.02. The van der Waals surface area contributed by atoms with Crippen molar-refractivity contribution in [1.82, 2.24) is 5.32 Å². The number of amides is 1. The van der Waals surface area contributed by atoms with Crippen LogP contribution in [0.2, 0.25) is 0 Å². The van der Waals surface area contributed by atoms with Gasteiger partial charge < -0.3 is 19.9 Å². The van der Waals surface area contributed by atoms with Crippen LogP contribution in [0.3, 0.4) is 0 Å². The minimum Gasteiger partial charge on any atom is -0.496 e. The van der Waals surface area contributed by atoms with Crippen molar-refractivity contribution in [3.05, 3.63) is 58.1 Å². The fourth-order valence-corrected chi connectivity index (χ4v) is 3.92. The summed E-state index contributed by atoms with van der Waals surface area (Å²) in [6.07, 6.45) is 1.27. The number of hydrogen-bond donors (Lipinski definition) is 2. The first-order valence-corrected chi connectivity index (χ1v) is 10.5. The number of nitrogens with one attached hydrogen (secondary N) is 1. The normalized spacial score (nSPS) is 17.3. The highest BCUT2D eigenvalue weighted by Gasteiger charge is 2.32. The van der Waals surface area contributed by atoms with E-state index in [1.807, 2.05) is 42.5 Å². The van der Waals surface area contributed by atoms with Crippen molar-refractivity contribution in [1.29, 1.82) is 0 Å².